The van der Waals surface area contributed by atoms with E-state index in [1.807, 2.05) is 0 Å². The average molecular weight is 1890 g/mol. The van der Waals surface area contributed by atoms with E-state index in [0.717, 1.165) is 185 Å². The molecule has 702 valence electrons. The third kappa shape index (κ3) is 19.1. The Morgan fingerprint density at radius 3 is 0.615 bits per heavy atom. The van der Waals surface area contributed by atoms with E-state index >= 15 is 0 Å². The summed E-state index contributed by atoms with van der Waals surface area (Å²) in [7, 11) is 0. The van der Waals surface area contributed by atoms with Gasteiger partial charge >= 0.3 is 0 Å². The number of rotatable bonds is 27. The molecule has 0 spiro atoms. The van der Waals surface area contributed by atoms with Crippen molar-refractivity contribution in [3.05, 3.63) is 606 Å². The van der Waals surface area contributed by atoms with Crippen LogP contribution in [0.5, 0.6) is 0 Å². The molecule has 148 heavy (non-hydrogen) atoms. The molecule has 0 fully saturated rings. The second kappa shape index (κ2) is 41.3. The third-order valence-corrected chi connectivity index (χ3v) is 28.4. The van der Waals surface area contributed by atoms with E-state index in [1.54, 1.807) is 0 Å². The van der Waals surface area contributed by atoms with E-state index in [1.165, 1.54) is 49.7 Å². The molecule has 0 unspecified atom stereocenters. The second-order valence-corrected chi connectivity index (χ2v) is 37.8. The highest BCUT2D eigenvalue weighted by Gasteiger charge is 2.25. The molecule has 0 bridgehead atoms. The molecule has 6 heteroatoms. The Morgan fingerprint density at radius 2 is 0.304 bits per heavy atom. The molecule has 0 aliphatic rings. The number of fused-ring (bicyclic) bond motifs is 2. The van der Waals surface area contributed by atoms with E-state index in [2.05, 4.69) is 638 Å². The highest BCUT2D eigenvalue weighted by molar-refractivity contribution is 6.07. The maximum absolute atomic E-state index is 2.43. The number of para-hydroxylation sites is 2. The topological polar surface area (TPSA) is 19.4 Å². The highest BCUT2D eigenvalue weighted by atomic mass is 15.2. The van der Waals surface area contributed by atoms with Gasteiger partial charge in [0.25, 0.3) is 0 Å². The zero-order valence-electron chi connectivity index (χ0n) is 82.3. The first-order valence-electron chi connectivity index (χ1n) is 50.7. The number of hydrogen-bond acceptors (Lipinski definition) is 6. The molecule has 24 aromatic carbocycles. The van der Waals surface area contributed by atoms with Crippen LogP contribution in [-0.2, 0) is 0 Å². The molecule has 0 heterocycles. The Bertz CT molecular complexity index is 8640. The lowest BCUT2D eigenvalue weighted by molar-refractivity contribution is 1.27. The number of hydrogen-bond donors (Lipinski definition) is 0. The van der Waals surface area contributed by atoms with Gasteiger partial charge in [0.2, 0.25) is 0 Å². The van der Waals surface area contributed by atoms with Gasteiger partial charge in [-0.3, -0.25) is 0 Å². The summed E-state index contributed by atoms with van der Waals surface area (Å²) in [6, 6.07) is 216. The van der Waals surface area contributed by atoms with Crippen molar-refractivity contribution in [3.63, 3.8) is 0 Å². The van der Waals surface area contributed by atoms with Gasteiger partial charge < -0.3 is 29.4 Å². The minimum atomic E-state index is 1.03. The number of benzene rings is 24. The van der Waals surface area contributed by atoms with Crippen molar-refractivity contribution in [2.75, 3.05) is 29.4 Å². The summed E-state index contributed by atoms with van der Waals surface area (Å²) in [6.45, 7) is 4.31. The minimum Gasteiger partial charge on any atom is -0.311 e. The van der Waals surface area contributed by atoms with Crippen molar-refractivity contribution in [2.24, 2.45) is 0 Å². The van der Waals surface area contributed by atoms with E-state index < -0.39 is 0 Å². The second-order valence-electron chi connectivity index (χ2n) is 37.8. The van der Waals surface area contributed by atoms with Gasteiger partial charge in [0.05, 0.1) is 11.4 Å². The lowest BCUT2D eigenvalue weighted by Gasteiger charge is -2.28. The predicted octanol–water partition coefficient (Wildman–Crippen LogP) is 40.4. The summed E-state index contributed by atoms with van der Waals surface area (Å²) in [5.41, 5.74) is 42.4. The fourth-order valence-electron chi connectivity index (χ4n) is 20.9. The van der Waals surface area contributed by atoms with Crippen LogP contribution in [0.4, 0.5) is 102 Å². The fourth-order valence-corrected chi connectivity index (χ4v) is 20.9. The van der Waals surface area contributed by atoms with Crippen molar-refractivity contribution in [3.8, 4) is 100 Å². The van der Waals surface area contributed by atoms with Crippen LogP contribution in [0.2, 0.25) is 0 Å². The molecule has 0 radical (unpaired) electrons. The standard InChI is InChI=1S/C142H104N6/c1-101-26-22-42-135(98-101)145(121-38-14-6-15-39-121)129-82-58-111(59-83-129)112-60-84-130(85-61-112)146(136-43-23-27-102(2)99-136)131-94-70-118(71-95-131)137-96-97-142(140-46-21-20-45-139(137)140)148(133-90-64-114(65-91-133)113-62-88-132(89-63-113)147(122-40-16-7-17-41-122)141-47-25-35-117-34-18-19-44-138(117)141)134-92-68-116(69-93-134)120-37-24-36-119(100-120)115-66-86-128(87-67-115)144(125-76-52-108(53-77-125)105-32-12-5-13-33-105)127-80-56-110(57-81-127)109-54-78-126(79-55-109)143(123-72-48-106(49-73-123)103-28-8-3-9-29-103)124-74-50-107(51-75-124)104-30-10-4-11-31-104/h3-100H,1-2H3. The molecule has 24 aromatic rings. The summed E-state index contributed by atoms with van der Waals surface area (Å²) in [6.07, 6.45) is 0. The van der Waals surface area contributed by atoms with Crippen LogP contribution < -0.4 is 29.4 Å². The lowest BCUT2D eigenvalue weighted by atomic mass is 9.95. The number of aryl methyl sites for hydroxylation is 2. The molecular formula is C142H104N6. The van der Waals surface area contributed by atoms with E-state index in [0.29, 0.717) is 0 Å². The normalized spacial score (nSPS) is 11.2. The SMILES string of the molecule is Cc1cccc(N(c2ccccc2)c2ccc(-c3ccc(N(c4ccc(-c5ccc(N(c6ccc(-c7ccc(N(c8ccccc8)c8cccc9ccccc89)cc7)cc6)c6ccc(-c7cccc(-c8ccc(N(c9ccc(-c%10ccccc%10)cc9)c9ccc(-c%10ccc(N(c%11ccc(-c%12ccccc%12)cc%11)c%11ccc(-c%12ccccc%12)cc%11)cc%10)cc9)cc8)c7)cc6)c6ccccc56)cc4)c4cccc(C)c4)cc3)cc2)c1. The first-order chi connectivity index (χ1) is 73.2. The molecule has 0 amide bonds. The molecule has 24 rings (SSSR count). The van der Waals surface area contributed by atoms with Crippen molar-refractivity contribution in [1.29, 1.82) is 0 Å². The van der Waals surface area contributed by atoms with Gasteiger partial charge in [-0.15, -0.1) is 0 Å². The first kappa shape index (κ1) is 91.1. The molecule has 0 aliphatic carbocycles. The van der Waals surface area contributed by atoms with Crippen LogP contribution >= 0.6 is 0 Å². The van der Waals surface area contributed by atoms with E-state index in [9.17, 15) is 0 Å². The van der Waals surface area contributed by atoms with Gasteiger partial charge in [-0.2, -0.15) is 0 Å². The Balaban J connectivity index is 0.531. The van der Waals surface area contributed by atoms with Crippen molar-refractivity contribution < 1.29 is 0 Å². The molecule has 0 saturated heterocycles. The maximum Gasteiger partial charge on any atom is 0.0540 e. The summed E-state index contributed by atoms with van der Waals surface area (Å²) in [4.78, 5) is 14.2. The highest BCUT2D eigenvalue weighted by Crippen LogP contribution is 2.49. The van der Waals surface area contributed by atoms with Crippen molar-refractivity contribution in [2.45, 2.75) is 13.8 Å². The van der Waals surface area contributed by atoms with E-state index in [4.69, 9.17) is 0 Å². The predicted molar refractivity (Wildman–Crippen MR) is 628 cm³/mol. The molecule has 0 atom stereocenters. The average Bonchev–Trinajstić information content (AvgIpc) is 0.753. The Hall–Kier alpha value is -19.4. The Morgan fingerprint density at radius 1 is 0.108 bits per heavy atom. The van der Waals surface area contributed by atoms with Crippen molar-refractivity contribution >= 4 is 124 Å². The first-order valence-corrected chi connectivity index (χ1v) is 50.7. The minimum absolute atomic E-state index is 1.03. The quantitative estimate of drug-likeness (QED) is 0.0507. The summed E-state index contributed by atoms with van der Waals surface area (Å²) < 4.78 is 0. The summed E-state index contributed by atoms with van der Waals surface area (Å²) >= 11 is 0. The van der Waals surface area contributed by atoms with Crippen molar-refractivity contribution in [1.82, 2.24) is 0 Å². The molecule has 0 aromatic heterocycles. The number of anilines is 18. The summed E-state index contributed by atoms with van der Waals surface area (Å²) in [5, 5.41) is 4.67. The van der Waals surface area contributed by atoms with Gasteiger partial charge in [0.15, 0.2) is 0 Å². The third-order valence-electron chi connectivity index (χ3n) is 28.4. The van der Waals surface area contributed by atoms with Gasteiger partial charge in [-0.25, -0.2) is 0 Å². The Kier molecular flexibility index (Phi) is 25.4. The Labute approximate surface area is 866 Å². The van der Waals surface area contributed by atoms with Gasteiger partial charge in [-0.1, -0.05) is 382 Å². The van der Waals surface area contributed by atoms with Crippen LogP contribution in [0.15, 0.2) is 595 Å². The van der Waals surface area contributed by atoms with E-state index in [-0.39, 0.29) is 0 Å². The van der Waals surface area contributed by atoms with Crippen LogP contribution in [0.25, 0.3) is 122 Å². The van der Waals surface area contributed by atoms with Crippen LogP contribution in [0.3, 0.4) is 0 Å². The zero-order chi connectivity index (χ0) is 99.0. The molecule has 0 aliphatic heterocycles. The largest absolute Gasteiger partial charge is 0.311 e. The fraction of sp³-hybridized carbons (Fsp3) is 0.0141. The van der Waals surface area contributed by atoms with Crippen LogP contribution in [-0.4, -0.2) is 0 Å². The smallest absolute Gasteiger partial charge is 0.0540 e. The molecular weight excluding hydrogens is 1790 g/mol. The molecule has 0 saturated carbocycles. The van der Waals surface area contributed by atoms with Crippen LogP contribution in [0.1, 0.15) is 11.1 Å². The maximum atomic E-state index is 2.43. The molecule has 6 nitrogen and oxygen atoms in total. The monoisotopic (exact) mass is 1890 g/mol. The number of nitrogens with zero attached hydrogens (tertiary/aromatic N) is 6. The lowest BCUT2D eigenvalue weighted by Crippen LogP contribution is -2.11. The van der Waals surface area contributed by atoms with Gasteiger partial charge in [0.1, 0.15) is 0 Å². The van der Waals surface area contributed by atoms with Gasteiger partial charge in [0, 0.05) is 102 Å². The van der Waals surface area contributed by atoms with Gasteiger partial charge in [-0.05, 0) is 348 Å². The molecule has 0 N–H and O–H groups in total. The summed E-state index contributed by atoms with van der Waals surface area (Å²) in [5.74, 6) is 0. The van der Waals surface area contributed by atoms with Crippen LogP contribution in [0, 0.1) is 13.8 Å². The zero-order valence-corrected chi connectivity index (χ0v) is 82.3.